The van der Waals surface area contributed by atoms with Crippen molar-refractivity contribution in [1.29, 1.82) is 0 Å². The van der Waals surface area contributed by atoms with Gasteiger partial charge in [-0.3, -0.25) is 24.0 Å². The van der Waals surface area contributed by atoms with Crippen LogP contribution < -0.4 is 0 Å². The number of nitrogens with zero attached hydrogens (tertiary/aromatic N) is 1. The van der Waals surface area contributed by atoms with Crippen molar-refractivity contribution in [2.45, 2.75) is 172 Å². The molecule has 67 heavy (non-hydrogen) atoms. The van der Waals surface area contributed by atoms with Crippen molar-refractivity contribution >= 4 is 41.2 Å². The number of carbonyl (C=O) groups excluding carboxylic acids is 5. The average molecular weight is 964 g/mol. The smallest absolute Gasteiger partial charge is 0.326 e. The Hall–Kier alpha value is -2.96. The molecule has 1 saturated carbocycles. The number of aliphatic hydroxyl groups excluding tert-OH is 1. The summed E-state index contributed by atoms with van der Waals surface area (Å²) in [6.45, 7) is 15.4. The molecule has 1 aliphatic carbocycles. The summed E-state index contributed by atoms with van der Waals surface area (Å²) in [4.78, 5) is 69.6. The Morgan fingerprint density at radius 3 is 2.30 bits per heavy atom. The predicted octanol–water partition coefficient (Wildman–Crippen LogP) is 6.35. The molecule has 15 nitrogen and oxygen atoms in total. The molecule has 3 heterocycles. The van der Waals surface area contributed by atoms with E-state index in [0.29, 0.717) is 57.3 Å². The molecule has 0 aromatic heterocycles. The monoisotopic (exact) mass is 964 g/mol. The van der Waals surface area contributed by atoms with Gasteiger partial charge in [0.15, 0.2) is 0 Å². The van der Waals surface area contributed by atoms with Crippen molar-refractivity contribution in [3.8, 4) is 0 Å². The summed E-state index contributed by atoms with van der Waals surface area (Å²) in [5.41, 5.74) is 1.61. The number of fused-ring (bicyclic) bond motifs is 2. The maximum Gasteiger partial charge on any atom is 0.326 e. The van der Waals surface area contributed by atoms with Crippen molar-refractivity contribution in [3.63, 3.8) is 0 Å². The molecule has 4 aliphatic rings. The van der Waals surface area contributed by atoms with Crippen LogP contribution in [0.1, 0.15) is 119 Å². The predicted molar refractivity (Wildman–Crippen MR) is 255 cm³/mol. The lowest BCUT2D eigenvalue weighted by molar-refractivity contribution is -0.302. The summed E-state index contributed by atoms with van der Waals surface area (Å²) in [6, 6.07) is 0. The minimum Gasteiger partial charge on any atom is -0.465 e. The number of hydrogen-bond acceptors (Lipinski definition) is 15. The average Bonchev–Trinajstić information content (AvgIpc) is 3.71. The molecule has 1 amide bonds. The highest BCUT2D eigenvalue weighted by Gasteiger charge is 2.56. The van der Waals surface area contributed by atoms with Gasteiger partial charge in [-0.2, -0.15) is 0 Å². The van der Waals surface area contributed by atoms with Crippen molar-refractivity contribution in [3.05, 3.63) is 36.0 Å². The highest BCUT2D eigenvalue weighted by Crippen LogP contribution is 2.39. The van der Waals surface area contributed by atoms with Gasteiger partial charge in [0.1, 0.15) is 29.8 Å². The van der Waals surface area contributed by atoms with Crippen LogP contribution in [0, 0.1) is 29.6 Å². The number of thioether (sulfide) groups is 1. The molecule has 0 aromatic carbocycles. The SMILES string of the molecule is C=CC[C@@H]1/C=C(\C)C[C@H](C)C[C@H](OC)C2O[C@@](O)(C(=O)C(=O)N(CCCC)CC(=O)O[C@H](/C(C)=C/[C@@H]3CC[C@@H](OCCCS[C@@H]4CCOC4=O)[C@H](OC)C3)[C@H](C)[C@@H](O)CC1=O)[C@H](C)C[C@@H]2OC. The van der Waals surface area contributed by atoms with Gasteiger partial charge in [-0.15, -0.1) is 18.3 Å². The van der Waals surface area contributed by atoms with Crippen LogP contribution in [0.15, 0.2) is 36.0 Å². The number of hydrogen-bond donors (Lipinski definition) is 2. The first-order chi connectivity index (χ1) is 31.9. The van der Waals surface area contributed by atoms with Crippen molar-refractivity contribution < 1.29 is 67.3 Å². The van der Waals surface area contributed by atoms with Crippen LogP contribution in [0.5, 0.6) is 0 Å². The molecule has 0 spiro atoms. The van der Waals surface area contributed by atoms with Gasteiger partial charge < -0.3 is 48.3 Å². The topological polar surface area (TPSA) is 194 Å². The maximum atomic E-state index is 14.3. The third kappa shape index (κ3) is 15.8. The zero-order valence-corrected chi connectivity index (χ0v) is 42.4. The Morgan fingerprint density at radius 1 is 0.955 bits per heavy atom. The van der Waals surface area contributed by atoms with E-state index in [-0.39, 0.29) is 60.4 Å². The van der Waals surface area contributed by atoms with E-state index in [4.69, 9.17) is 33.2 Å². The normalized spacial score (nSPS) is 36.7. The summed E-state index contributed by atoms with van der Waals surface area (Å²) in [5.74, 6) is -7.32. The number of aliphatic hydroxyl groups is 2. The molecule has 16 heteroatoms. The molecule has 380 valence electrons. The molecule has 0 radical (unpaired) electrons. The van der Waals surface area contributed by atoms with Gasteiger partial charge in [0.2, 0.25) is 5.79 Å². The Bertz CT molecular complexity index is 1720. The van der Waals surface area contributed by atoms with Gasteiger partial charge in [0, 0.05) is 65.1 Å². The lowest BCUT2D eigenvalue weighted by Crippen LogP contribution is -2.63. The standard InChI is InChI=1S/C51H81NO14S/c1-11-13-19-52-30-45(55)65-46(33(5)26-36-16-17-40(41(28-36)60-8)63-20-14-22-67-44-18-21-64-50(44)58)35(7)38(53)29-39(54)37(15-12-2)24-31(3)23-32(4)25-42(61-9)47-43(62-10)27-34(6)51(59,66-47)48(56)49(52)57/h12,24,26,32,34-38,40-44,46-47,53,59H,2,11,13-23,25,27-30H2,1,3-10H3/b31-24+,33-26+/t32-,34+,35+,36-,37+,38-,40+,41+,42-,43-,44+,46+,47?,51+/m0/s1. The second-order valence-corrected chi connectivity index (χ2v) is 20.7. The fourth-order valence-electron chi connectivity index (χ4n) is 10.1. The van der Waals surface area contributed by atoms with Crippen molar-refractivity contribution in [2.75, 3.05) is 53.4 Å². The first-order valence-electron chi connectivity index (χ1n) is 24.5. The second-order valence-electron chi connectivity index (χ2n) is 19.4. The zero-order chi connectivity index (χ0) is 49.4. The number of ketones is 2. The number of ether oxygens (including phenoxy) is 7. The van der Waals surface area contributed by atoms with Crippen molar-refractivity contribution in [1.82, 2.24) is 4.90 Å². The molecule has 2 N–H and O–H groups in total. The molecule has 0 aromatic rings. The van der Waals surface area contributed by atoms with E-state index in [1.165, 1.54) is 14.2 Å². The number of allylic oxidation sites excluding steroid dienone is 4. The molecule has 1 unspecified atom stereocenters. The van der Waals surface area contributed by atoms with E-state index >= 15 is 0 Å². The number of cyclic esters (lactones) is 2. The minimum absolute atomic E-state index is 0.00306. The zero-order valence-electron chi connectivity index (χ0n) is 41.6. The van der Waals surface area contributed by atoms with Crippen LogP contribution >= 0.6 is 11.8 Å². The number of Topliss-reactive ketones (excluding diaryl/α,β-unsaturated/α-hetero) is 2. The Labute approximate surface area is 403 Å². The largest absolute Gasteiger partial charge is 0.465 e. The lowest BCUT2D eigenvalue weighted by Gasteiger charge is -2.46. The van der Waals surface area contributed by atoms with E-state index in [2.05, 4.69) is 6.58 Å². The summed E-state index contributed by atoms with van der Waals surface area (Å²) in [6.07, 6.45) is 7.13. The number of carbonyl (C=O) groups is 5. The minimum atomic E-state index is -2.53. The van der Waals surface area contributed by atoms with Crippen molar-refractivity contribution in [2.24, 2.45) is 29.6 Å². The molecule has 3 aliphatic heterocycles. The van der Waals surface area contributed by atoms with Crippen LogP contribution in [-0.2, 0) is 57.1 Å². The number of esters is 2. The highest BCUT2D eigenvalue weighted by atomic mass is 32.2. The Balaban J connectivity index is 1.64. The summed E-state index contributed by atoms with van der Waals surface area (Å²) in [7, 11) is 4.71. The van der Waals surface area contributed by atoms with E-state index < -0.39 is 78.3 Å². The fourth-order valence-corrected chi connectivity index (χ4v) is 11.1. The lowest BCUT2D eigenvalue weighted by atomic mass is 9.81. The van der Waals surface area contributed by atoms with Crippen LogP contribution in [0.4, 0.5) is 0 Å². The Morgan fingerprint density at radius 2 is 1.66 bits per heavy atom. The quantitative estimate of drug-likeness (QED) is 0.0752. The van der Waals surface area contributed by atoms with Gasteiger partial charge >= 0.3 is 11.9 Å². The van der Waals surface area contributed by atoms with E-state index in [1.54, 1.807) is 38.8 Å². The molecule has 4 rings (SSSR count). The van der Waals surface area contributed by atoms with Crippen LogP contribution in [0.25, 0.3) is 0 Å². The molecule has 3 fully saturated rings. The van der Waals surface area contributed by atoms with E-state index in [9.17, 15) is 34.2 Å². The molecule has 14 atom stereocenters. The summed E-state index contributed by atoms with van der Waals surface area (Å²) in [5, 5.41) is 23.8. The van der Waals surface area contributed by atoms with E-state index in [1.807, 2.05) is 39.8 Å². The molecular formula is C51H81NO14S. The van der Waals surface area contributed by atoms with Gasteiger partial charge in [-0.1, -0.05) is 57.9 Å². The summed E-state index contributed by atoms with van der Waals surface area (Å²) < 4.78 is 41.5. The van der Waals surface area contributed by atoms with Crippen LogP contribution in [0.3, 0.4) is 0 Å². The maximum absolute atomic E-state index is 14.3. The van der Waals surface area contributed by atoms with E-state index in [0.717, 1.165) is 41.9 Å². The second kappa shape index (κ2) is 27.4. The summed E-state index contributed by atoms with van der Waals surface area (Å²) >= 11 is 1.60. The first-order valence-corrected chi connectivity index (χ1v) is 25.5. The molecule has 2 saturated heterocycles. The highest BCUT2D eigenvalue weighted by molar-refractivity contribution is 8.00. The third-order valence-electron chi connectivity index (χ3n) is 14.0. The first kappa shape index (κ1) is 56.6. The van der Waals surface area contributed by atoms with Crippen LogP contribution in [0.2, 0.25) is 0 Å². The number of methoxy groups -OCH3 is 3. The van der Waals surface area contributed by atoms with Gasteiger partial charge in [-0.05, 0) is 94.8 Å². The number of amides is 1. The van der Waals surface area contributed by atoms with Gasteiger partial charge in [-0.25, -0.2) is 0 Å². The van der Waals surface area contributed by atoms with Gasteiger partial charge in [0.05, 0.1) is 37.1 Å². The Kier molecular flexibility index (Phi) is 23.2. The molecule has 2 bridgehead atoms. The molecular weight excluding hydrogens is 883 g/mol. The van der Waals surface area contributed by atoms with Crippen LogP contribution in [-0.4, -0.2) is 152 Å². The van der Waals surface area contributed by atoms with Gasteiger partial charge in [0.25, 0.3) is 11.7 Å². The number of unbranched alkanes of at least 4 members (excludes halogenated alkanes) is 1. The number of rotatable bonds is 16. The fraction of sp³-hybridized carbons (Fsp3) is 0.784. The third-order valence-corrected chi connectivity index (χ3v) is 15.4.